The second kappa shape index (κ2) is 8.35. The lowest BCUT2D eigenvalue weighted by molar-refractivity contribution is 0.0942. The van der Waals surface area contributed by atoms with Crippen molar-refractivity contribution in [1.29, 1.82) is 0 Å². The second-order valence-electron chi connectivity index (χ2n) is 7.56. The Kier molecular flexibility index (Phi) is 5.67. The van der Waals surface area contributed by atoms with Gasteiger partial charge in [0.05, 0.1) is 12.7 Å². The Bertz CT molecular complexity index is 848. The molecule has 1 aromatic heterocycles. The van der Waals surface area contributed by atoms with Crippen LogP contribution in [0.25, 0.3) is 0 Å². The summed E-state index contributed by atoms with van der Waals surface area (Å²) in [5.41, 5.74) is 1.65. The van der Waals surface area contributed by atoms with E-state index in [-0.39, 0.29) is 5.91 Å². The zero-order valence-electron chi connectivity index (χ0n) is 16.0. The molecule has 6 nitrogen and oxygen atoms in total. The van der Waals surface area contributed by atoms with Gasteiger partial charge < -0.3 is 15.0 Å². The fraction of sp³-hybridized carbons (Fsp3) is 0.476. The van der Waals surface area contributed by atoms with E-state index in [1.54, 1.807) is 31.6 Å². The standard InChI is InChI=1S/C21H25ClN4O2/c1-28-19-5-4-16(22)10-17(19)21(27)23-12-14-6-8-26(9-7-14)20-11-18(15-2-3-15)24-13-25-20/h4-5,10-11,13-15H,2-3,6-9,12H2,1H3,(H,23,27). The summed E-state index contributed by atoms with van der Waals surface area (Å²) in [5, 5.41) is 3.56. The number of ether oxygens (including phenoxy) is 1. The van der Waals surface area contributed by atoms with E-state index in [9.17, 15) is 4.79 Å². The van der Waals surface area contributed by atoms with Crippen molar-refractivity contribution < 1.29 is 9.53 Å². The van der Waals surface area contributed by atoms with Crippen molar-refractivity contribution in [3.05, 3.63) is 46.9 Å². The van der Waals surface area contributed by atoms with Gasteiger partial charge in [0.2, 0.25) is 0 Å². The van der Waals surface area contributed by atoms with E-state index < -0.39 is 0 Å². The maximum atomic E-state index is 12.5. The van der Waals surface area contributed by atoms with Gasteiger partial charge in [0.1, 0.15) is 17.9 Å². The Labute approximate surface area is 170 Å². The number of hydrogen-bond donors (Lipinski definition) is 1. The van der Waals surface area contributed by atoms with Crippen molar-refractivity contribution in [3.8, 4) is 5.75 Å². The van der Waals surface area contributed by atoms with Crippen molar-refractivity contribution in [3.63, 3.8) is 0 Å². The quantitative estimate of drug-likeness (QED) is 0.801. The minimum atomic E-state index is -0.147. The molecule has 1 amide bonds. The number of hydrogen-bond acceptors (Lipinski definition) is 5. The number of benzene rings is 1. The molecule has 1 N–H and O–H groups in total. The number of nitrogens with one attached hydrogen (secondary N) is 1. The first-order valence-electron chi connectivity index (χ1n) is 9.82. The summed E-state index contributed by atoms with van der Waals surface area (Å²) in [6.45, 7) is 2.55. The molecule has 0 spiro atoms. The predicted octanol–water partition coefficient (Wildman–Crippen LogP) is 3.66. The van der Waals surface area contributed by atoms with Crippen LogP contribution in [0.4, 0.5) is 5.82 Å². The van der Waals surface area contributed by atoms with Gasteiger partial charge in [0.15, 0.2) is 0 Å². The average Bonchev–Trinajstić information content (AvgIpc) is 3.58. The van der Waals surface area contributed by atoms with Gasteiger partial charge in [0.25, 0.3) is 5.91 Å². The fourth-order valence-electron chi connectivity index (χ4n) is 3.69. The molecule has 2 heterocycles. The van der Waals surface area contributed by atoms with Crippen LogP contribution >= 0.6 is 11.6 Å². The van der Waals surface area contributed by atoms with Crippen molar-refractivity contribution in [2.45, 2.75) is 31.6 Å². The Hall–Kier alpha value is -2.34. The van der Waals surface area contributed by atoms with Crippen molar-refractivity contribution in [2.24, 2.45) is 5.92 Å². The summed E-state index contributed by atoms with van der Waals surface area (Å²) in [5.74, 6) is 2.51. The number of anilines is 1. The molecule has 0 unspecified atom stereocenters. The van der Waals surface area contributed by atoms with Crippen molar-refractivity contribution in [1.82, 2.24) is 15.3 Å². The zero-order valence-corrected chi connectivity index (χ0v) is 16.8. The Morgan fingerprint density at radius 3 is 2.71 bits per heavy atom. The number of methoxy groups -OCH3 is 1. The van der Waals surface area contributed by atoms with Gasteiger partial charge in [0, 0.05) is 42.3 Å². The molecular formula is C21H25ClN4O2. The van der Waals surface area contributed by atoms with E-state index in [1.807, 2.05) is 0 Å². The van der Waals surface area contributed by atoms with E-state index in [4.69, 9.17) is 16.3 Å². The van der Waals surface area contributed by atoms with Gasteiger partial charge in [-0.15, -0.1) is 0 Å². The average molecular weight is 401 g/mol. The minimum absolute atomic E-state index is 0.147. The lowest BCUT2D eigenvalue weighted by Crippen LogP contribution is -2.39. The number of rotatable bonds is 6. The van der Waals surface area contributed by atoms with Gasteiger partial charge in [-0.3, -0.25) is 4.79 Å². The van der Waals surface area contributed by atoms with Crippen LogP contribution in [0.2, 0.25) is 5.02 Å². The molecule has 2 fully saturated rings. The van der Waals surface area contributed by atoms with Gasteiger partial charge in [-0.1, -0.05) is 11.6 Å². The maximum absolute atomic E-state index is 12.5. The van der Waals surface area contributed by atoms with Crippen LogP contribution in [0.3, 0.4) is 0 Å². The molecule has 0 bridgehead atoms. The van der Waals surface area contributed by atoms with Crippen LogP contribution in [0.5, 0.6) is 5.75 Å². The molecule has 28 heavy (non-hydrogen) atoms. The Balaban J connectivity index is 1.29. The summed E-state index contributed by atoms with van der Waals surface area (Å²) < 4.78 is 5.27. The third-order valence-electron chi connectivity index (χ3n) is 5.57. The third-order valence-corrected chi connectivity index (χ3v) is 5.80. The summed E-state index contributed by atoms with van der Waals surface area (Å²) in [7, 11) is 1.55. The van der Waals surface area contributed by atoms with E-state index in [2.05, 4.69) is 26.3 Å². The topological polar surface area (TPSA) is 67.3 Å². The van der Waals surface area contributed by atoms with Gasteiger partial charge >= 0.3 is 0 Å². The molecule has 1 saturated carbocycles. The molecule has 0 atom stereocenters. The molecule has 0 radical (unpaired) electrons. The third kappa shape index (κ3) is 4.38. The van der Waals surface area contributed by atoms with Gasteiger partial charge in [-0.05, 0) is 49.8 Å². The van der Waals surface area contributed by atoms with E-state index >= 15 is 0 Å². The Morgan fingerprint density at radius 1 is 1.21 bits per heavy atom. The number of carbonyl (C=O) groups is 1. The second-order valence-corrected chi connectivity index (χ2v) is 8.00. The van der Waals surface area contributed by atoms with Gasteiger partial charge in [-0.25, -0.2) is 9.97 Å². The predicted molar refractivity (Wildman–Crippen MR) is 109 cm³/mol. The number of nitrogens with zero attached hydrogens (tertiary/aromatic N) is 3. The lowest BCUT2D eigenvalue weighted by atomic mass is 9.96. The monoisotopic (exact) mass is 400 g/mol. The van der Waals surface area contributed by atoms with Crippen LogP contribution < -0.4 is 15.0 Å². The van der Waals surface area contributed by atoms with Gasteiger partial charge in [-0.2, -0.15) is 0 Å². The first kappa shape index (κ1) is 19.0. The molecule has 1 saturated heterocycles. The normalized spacial score (nSPS) is 17.4. The molecule has 7 heteroatoms. The maximum Gasteiger partial charge on any atom is 0.255 e. The fourth-order valence-corrected chi connectivity index (χ4v) is 3.86. The number of carbonyl (C=O) groups excluding carboxylic acids is 1. The molecule has 1 aromatic carbocycles. The molecule has 148 valence electrons. The smallest absolute Gasteiger partial charge is 0.255 e. The molecular weight excluding hydrogens is 376 g/mol. The van der Waals surface area contributed by atoms with E-state index in [0.717, 1.165) is 31.7 Å². The highest BCUT2D eigenvalue weighted by molar-refractivity contribution is 6.31. The van der Waals surface area contributed by atoms with Crippen molar-refractivity contribution in [2.75, 3.05) is 31.6 Å². The number of amides is 1. The number of aromatic nitrogens is 2. The van der Waals surface area contributed by atoms with E-state index in [0.29, 0.717) is 34.7 Å². The molecule has 2 aromatic rings. The van der Waals surface area contributed by atoms with Crippen LogP contribution in [0, 0.1) is 5.92 Å². The SMILES string of the molecule is COc1ccc(Cl)cc1C(=O)NCC1CCN(c2cc(C3CC3)ncn2)CC1. The zero-order chi connectivity index (χ0) is 19.5. The summed E-state index contributed by atoms with van der Waals surface area (Å²) >= 11 is 6.02. The number of piperidine rings is 1. The molecule has 1 aliphatic heterocycles. The molecule has 2 aliphatic rings. The minimum Gasteiger partial charge on any atom is -0.496 e. The molecule has 1 aliphatic carbocycles. The van der Waals surface area contributed by atoms with Crippen LogP contribution in [-0.4, -0.2) is 42.6 Å². The molecule has 4 rings (SSSR count). The van der Waals surface area contributed by atoms with Crippen LogP contribution in [0.15, 0.2) is 30.6 Å². The highest BCUT2D eigenvalue weighted by atomic mass is 35.5. The number of halogens is 1. The first-order valence-corrected chi connectivity index (χ1v) is 10.2. The van der Waals surface area contributed by atoms with Crippen LogP contribution in [0.1, 0.15) is 47.7 Å². The highest BCUT2D eigenvalue weighted by Crippen LogP contribution is 2.39. The van der Waals surface area contributed by atoms with Crippen molar-refractivity contribution >= 4 is 23.3 Å². The summed E-state index contributed by atoms with van der Waals surface area (Å²) in [4.78, 5) is 23.7. The largest absolute Gasteiger partial charge is 0.496 e. The lowest BCUT2D eigenvalue weighted by Gasteiger charge is -2.33. The van der Waals surface area contributed by atoms with E-state index in [1.165, 1.54) is 18.5 Å². The highest BCUT2D eigenvalue weighted by Gasteiger charge is 2.27. The summed E-state index contributed by atoms with van der Waals surface area (Å²) in [6, 6.07) is 7.22. The summed E-state index contributed by atoms with van der Waals surface area (Å²) in [6.07, 6.45) is 6.23. The Morgan fingerprint density at radius 2 is 2.00 bits per heavy atom. The van der Waals surface area contributed by atoms with Crippen LogP contribution in [-0.2, 0) is 0 Å². The first-order chi connectivity index (χ1) is 13.6.